The van der Waals surface area contributed by atoms with Crippen LogP contribution in [0.15, 0.2) is 27.4 Å². The normalized spacial score (nSPS) is 20.9. The van der Waals surface area contributed by atoms with E-state index in [1.54, 1.807) is 0 Å². The lowest BCUT2D eigenvalue weighted by Crippen LogP contribution is -2.32. The minimum Gasteiger partial charge on any atom is -0.388 e. The number of hydrogen-bond donors (Lipinski definition) is 3. The molecule has 0 radical (unpaired) electrons. The molecule has 1 heterocycles. The van der Waals surface area contributed by atoms with Crippen molar-refractivity contribution in [2.45, 2.75) is 37.9 Å². The molecule has 1 aromatic carbocycles. The topological polar surface area (TPSA) is 83.0 Å². The van der Waals surface area contributed by atoms with Crippen molar-refractivity contribution in [3.8, 4) is 11.5 Å². The van der Waals surface area contributed by atoms with Gasteiger partial charge in [-0.3, -0.25) is 0 Å². The van der Waals surface area contributed by atoms with E-state index in [1.165, 1.54) is 12.1 Å². The molecule has 0 aliphatic heterocycles. The zero-order valence-electron chi connectivity index (χ0n) is 14.3. The molecule has 142 valence electrons. The van der Waals surface area contributed by atoms with Gasteiger partial charge in [-0.1, -0.05) is 0 Å². The fourth-order valence-electron chi connectivity index (χ4n) is 3.33. The average Bonchev–Trinajstić information content (AvgIpc) is 3.06. The molecule has 1 aliphatic carbocycles. The van der Waals surface area contributed by atoms with Crippen LogP contribution >= 0.6 is 0 Å². The summed E-state index contributed by atoms with van der Waals surface area (Å²) in [5.41, 5.74) is -0.475. The van der Waals surface area contributed by atoms with Crippen LogP contribution in [-0.2, 0) is 6.18 Å². The van der Waals surface area contributed by atoms with Crippen LogP contribution in [0.25, 0.3) is 11.5 Å². The number of anilines is 1. The van der Waals surface area contributed by atoms with E-state index in [0.29, 0.717) is 24.1 Å². The van der Waals surface area contributed by atoms with Gasteiger partial charge in [-0.15, -0.1) is 5.10 Å². The second-order valence-electron chi connectivity index (χ2n) is 6.56. The van der Waals surface area contributed by atoms with Gasteiger partial charge in [-0.05, 0) is 56.8 Å². The van der Waals surface area contributed by atoms with Crippen molar-refractivity contribution in [3.05, 3.63) is 34.3 Å². The molecular formula is C17H21F3N4O2. The Labute approximate surface area is 148 Å². The Morgan fingerprint density at radius 1 is 1.27 bits per heavy atom. The molecule has 9 heteroatoms. The number of nitrogens with zero attached hydrogens (tertiary/aromatic N) is 1. The molecule has 1 saturated carbocycles. The first-order valence-electron chi connectivity index (χ1n) is 8.55. The summed E-state index contributed by atoms with van der Waals surface area (Å²) in [7, 11) is 1.93. The van der Waals surface area contributed by atoms with Gasteiger partial charge in [-0.25, -0.2) is 9.89 Å². The van der Waals surface area contributed by atoms with Crippen molar-refractivity contribution in [1.82, 2.24) is 15.5 Å². The fraction of sp³-hybridized carbons (Fsp3) is 0.529. The summed E-state index contributed by atoms with van der Waals surface area (Å²) in [4.78, 5) is 11.1. The van der Waals surface area contributed by atoms with Gasteiger partial charge in [0, 0.05) is 23.8 Å². The van der Waals surface area contributed by atoms with Crippen molar-refractivity contribution < 1.29 is 17.6 Å². The highest BCUT2D eigenvalue weighted by Crippen LogP contribution is 2.37. The van der Waals surface area contributed by atoms with E-state index < -0.39 is 17.5 Å². The van der Waals surface area contributed by atoms with Gasteiger partial charge in [0.2, 0.25) is 5.89 Å². The number of aromatic amines is 1. The molecule has 1 aliphatic rings. The molecule has 0 bridgehead atoms. The Bertz CT molecular complexity index is 792. The third-order valence-electron chi connectivity index (χ3n) is 4.85. The van der Waals surface area contributed by atoms with E-state index in [4.69, 9.17) is 4.42 Å². The zero-order chi connectivity index (χ0) is 18.7. The summed E-state index contributed by atoms with van der Waals surface area (Å²) in [5.74, 6) is -0.468. The van der Waals surface area contributed by atoms with Crippen LogP contribution in [0.2, 0.25) is 0 Å². The lowest BCUT2D eigenvalue weighted by molar-refractivity contribution is -0.136. The number of alkyl halides is 3. The average molecular weight is 370 g/mol. The van der Waals surface area contributed by atoms with Crippen LogP contribution in [0.5, 0.6) is 0 Å². The van der Waals surface area contributed by atoms with Gasteiger partial charge in [-0.2, -0.15) is 13.2 Å². The van der Waals surface area contributed by atoms with Crippen molar-refractivity contribution >= 4 is 5.69 Å². The van der Waals surface area contributed by atoms with Gasteiger partial charge >= 0.3 is 11.9 Å². The molecule has 3 rings (SSSR count). The summed E-state index contributed by atoms with van der Waals surface area (Å²) in [6.45, 7) is 0.466. The molecule has 0 saturated heterocycles. The quantitative estimate of drug-likeness (QED) is 0.753. The third-order valence-corrected chi connectivity index (χ3v) is 4.85. The van der Waals surface area contributed by atoms with E-state index in [1.807, 2.05) is 7.05 Å². The predicted octanol–water partition coefficient (Wildman–Crippen LogP) is 3.24. The second kappa shape index (κ2) is 7.53. The minimum absolute atomic E-state index is 0.0311. The van der Waals surface area contributed by atoms with E-state index in [2.05, 4.69) is 20.8 Å². The molecule has 0 amide bonds. The summed E-state index contributed by atoms with van der Waals surface area (Å²) >= 11 is 0. The van der Waals surface area contributed by atoms with Gasteiger partial charge in [0.15, 0.2) is 0 Å². The highest BCUT2D eigenvalue weighted by atomic mass is 19.4. The molecule has 1 aromatic heterocycles. The highest BCUT2D eigenvalue weighted by molar-refractivity contribution is 5.65. The molecule has 26 heavy (non-hydrogen) atoms. The molecular weight excluding hydrogens is 349 g/mol. The third kappa shape index (κ3) is 4.27. The number of halogens is 3. The Kier molecular flexibility index (Phi) is 5.36. The first kappa shape index (κ1) is 18.5. The van der Waals surface area contributed by atoms with Crippen LogP contribution in [0.3, 0.4) is 0 Å². The van der Waals surface area contributed by atoms with Gasteiger partial charge in [0.05, 0.1) is 5.56 Å². The number of H-pyrrole nitrogens is 1. The predicted molar refractivity (Wildman–Crippen MR) is 90.9 cm³/mol. The second-order valence-corrected chi connectivity index (χ2v) is 6.56. The number of hydrogen-bond acceptors (Lipinski definition) is 5. The number of nitrogens with one attached hydrogen (secondary N) is 3. The maximum atomic E-state index is 13.3. The number of benzene rings is 1. The van der Waals surface area contributed by atoms with E-state index in [-0.39, 0.29) is 11.6 Å². The van der Waals surface area contributed by atoms with E-state index in [0.717, 1.165) is 31.7 Å². The van der Waals surface area contributed by atoms with Crippen molar-refractivity contribution in [2.24, 2.45) is 5.92 Å². The van der Waals surface area contributed by atoms with Crippen LogP contribution in [0, 0.1) is 5.92 Å². The highest BCUT2D eigenvalue weighted by Gasteiger charge is 2.34. The monoisotopic (exact) mass is 370 g/mol. The Balaban J connectivity index is 1.78. The standard InChI is InChI=1S/C17H21F3N4O2/c1-21-12-5-2-10(3-6-12)9-22-14-8-11(15-23-24-16(25)26-15)4-7-13(14)17(18,19)20/h4,7-8,10,12,21-22H,2-3,5-6,9H2,1H3,(H,24,25)/t10-,12-. The number of rotatable bonds is 5. The van der Waals surface area contributed by atoms with Crippen molar-refractivity contribution in [2.75, 3.05) is 18.9 Å². The molecule has 0 unspecified atom stereocenters. The smallest absolute Gasteiger partial charge is 0.388 e. The first-order valence-corrected chi connectivity index (χ1v) is 8.55. The first-order chi connectivity index (χ1) is 12.4. The van der Waals surface area contributed by atoms with Gasteiger partial charge in [0.25, 0.3) is 0 Å². The summed E-state index contributed by atoms with van der Waals surface area (Å²) < 4.78 is 44.7. The molecule has 6 nitrogen and oxygen atoms in total. The van der Waals surface area contributed by atoms with Crippen LogP contribution in [0.4, 0.5) is 18.9 Å². The Morgan fingerprint density at radius 3 is 2.58 bits per heavy atom. The van der Waals surface area contributed by atoms with Gasteiger partial charge < -0.3 is 15.1 Å². The Hall–Kier alpha value is -2.29. The maximum Gasteiger partial charge on any atom is 0.434 e. The van der Waals surface area contributed by atoms with Crippen LogP contribution in [-0.4, -0.2) is 29.8 Å². The zero-order valence-corrected chi connectivity index (χ0v) is 14.3. The molecule has 0 spiro atoms. The largest absolute Gasteiger partial charge is 0.434 e. The minimum atomic E-state index is -4.48. The molecule has 0 atom stereocenters. The van der Waals surface area contributed by atoms with Crippen LogP contribution < -0.4 is 16.4 Å². The lowest BCUT2D eigenvalue weighted by atomic mass is 9.86. The summed E-state index contributed by atoms with van der Waals surface area (Å²) in [6, 6.07) is 4.03. The summed E-state index contributed by atoms with van der Waals surface area (Å²) in [6.07, 6.45) is -0.500. The van der Waals surface area contributed by atoms with E-state index >= 15 is 0 Å². The number of aromatic nitrogens is 2. The summed E-state index contributed by atoms with van der Waals surface area (Å²) in [5, 5.41) is 12.0. The Morgan fingerprint density at radius 2 is 2.00 bits per heavy atom. The maximum absolute atomic E-state index is 13.3. The van der Waals surface area contributed by atoms with Crippen LogP contribution in [0.1, 0.15) is 31.2 Å². The van der Waals surface area contributed by atoms with E-state index in [9.17, 15) is 18.0 Å². The van der Waals surface area contributed by atoms with Crippen molar-refractivity contribution in [1.29, 1.82) is 0 Å². The lowest BCUT2D eigenvalue weighted by Gasteiger charge is -2.29. The SMILES string of the molecule is CN[C@H]1CC[C@H](CNc2cc(-c3n[nH]c(=O)o3)ccc2C(F)(F)F)CC1. The molecule has 3 N–H and O–H groups in total. The molecule has 2 aromatic rings. The molecule has 1 fully saturated rings. The van der Waals surface area contributed by atoms with Gasteiger partial charge in [0.1, 0.15) is 0 Å². The van der Waals surface area contributed by atoms with Crippen molar-refractivity contribution in [3.63, 3.8) is 0 Å². The fourth-order valence-corrected chi connectivity index (χ4v) is 3.33.